The smallest absolute Gasteiger partial charge is 0.164 e. The molecule has 1 rings (SSSR count). The molecule has 2 nitrogen and oxygen atoms in total. The van der Waals surface area contributed by atoms with Crippen molar-refractivity contribution < 1.29 is 4.79 Å². The lowest BCUT2D eigenvalue weighted by Gasteiger charge is -2.02. The van der Waals surface area contributed by atoms with Crippen LogP contribution in [-0.2, 0) is 0 Å². The molecule has 0 aliphatic rings. The molecule has 0 aliphatic carbocycles. The van der Waals surface area contributed by atoms with E-state index in [1.807, 2.05) is 6.92 Å². The molecule has 0 bridgehead atoms. The number of nitrogen functional groups attached to an aromatic ring is 1. The third-order valence-electron chi connectivity index (χ3n) is 1.66. The minimum atomic E-state index is 0.0587. The third kappa shape index (κ3) is 1.80. The minimum Gasteiger partial charge on any atom is -0.398 e. The van der Waals surface area contributed by atoms with E-state index in [1.54, 1.807) is 18.2 Å². The van der Waals surface area contributed by atoms with Crippen LogP contribution in [-0.4, -0.2) is 5.78 Å². The van der Waals surface area contributed by atoms with Crippen LogP contribution in [0.4, 0.5) is 5.69 Å². The maximum absolute atomic E-state index is 11.3. The van der Waals surface area contributed by atoms with Gasteiger partial charge in [0.05, 0.1) is 0 Å². The Morgan fingerprint density at radius 3 is 2.83 bits per heavy atom. The van der Waals surface area contributed by atoms with E-state index in [-0.39, 0.29) is 5.78 Å². The third-order valence-corrected chi connectivity index (χ3v) is 1.94. The number of thiol groups is 1. The van der Waals surface area contributed by atoms with Crippen LogP contribution in [0.25, 0.3) is 0 Å². The van der Waals surface area contributed by atoms with Crippen molar-refractivity contribution in [2.75, 3.05) is 5.73 Å². The van der Waals surface area contributed by atoms with Crippen LogP contribution in [0.5, 0.6) is 0 Å². The summed E-state index contributed by atoms with van der Waals surface area (Å²) in [6.45, 7) is 1.81. The fraction of sp³-hybridized carbons (Fsp3) is 0.222. The maximum Gasteiger partial charge on any atom is 0.164 e. The van der Waals surface area contributed by atoms with Crippen molar-refractivity contribution in [1.82, 2.24) is 0 Å². The summed E-state index contributed by atoms with van der Waals surface area (Å²) >= 11 is 4.13. The Balaban J connectivity index is 3.13. The van der Waals surface area contributed by atoms with Gasteiger partial charge in [-0.15, -0.1) is 12.6 Å². The number of carbonyl (C=O) groups is 1. The van der Waals surface area contributed by atoms with Gasteiger partial charge in [-0.3, -0.25) is 4.79 Å². The molecule has 0 amide bonds. The molecule has 1 aromatic carbocycles. The van der Waals surface area contributed by atoms with Gasteiger partial charge in [-0.2, -0.15) is 0 Å². The standard InChI is InChI=1S/C9H11NOS/c1-2-9(11)7-5-6(12)3-4-8(7)10/h3-5,12H,2,10H2,1H3. The average molecular weight is 181 g/mol. The summed E-state index contributed by atoms with van der Waals surface area (Å²) < 4.78 is 0. The second-order valence-electron chi connectivity index (χ2n) is 2.55. The Labute approximate surface area is 77.2 Å². The van der Waals surface area contributed by atoms with E-state index in [9.17, 15) is 4.79 Å². The number of nitrogens with two attached hydrogens (primary N) is 1. The van der Waals surface area contributed by atoms with Crippen LogP contribution in [0.2, 0.25) is 0 Å². The van der Waals surface area contributed by atoms with Crippen molar-refractivity contribution in [3.8, 4) is 0 Å². The van der Waals surface area contributed by atoms with E-state index in [2.05, 4.69) is 12.6 Å². The second-order valence-corrected chi connectivity index (χ2v) is 3.06. The summed E-state index contributed by atoms with van der Waals surface area (Å²) in [5, 5.41) is 0. The lowest BCUT2D eigenvalue weighted by Crippen LogP contribution is -2.01. The second kappa shape index (κ2) is 3.63. The van der Waals surface area contributed by atoms with Crippen LogP contribution in [0.15, 0.2) is 23.1 Å². The molecule has 0 unspecified atom stereocenters. The molecule has 0 aromatic heterocycles. The summed E-state index contributed by atoms with van der Waals surface area (Å²) in [5.74, 6) is 0.0587. The molecule has 0 heterocycles. The largest absolute Gasteiger partial charge is 0.398 e. The van der Waals surface area contributed by atoms with Gasteiger partial charge in [-0.1, -0.05) is 6.92 Å². The summed E-state index contributed by atoms with van der Waals surface area (Å²) in [6.07, 6.45) is 0.474. The zero-order chi connectivity index (χ0) is 9.14. The highest BCUT2D eigenvalue weighted by Crippen LogP contribution is 2.17. The number of hydrogen-bond donors (Lipinski definition) is 2. The summed E-state index contributed by atoms with van der Waals surface area (Å²) in [5.41, 5.74) is 6.71. The highest BCUT2D eigenvalue weighted by molar-refractivity contribution is 7.80. The van der Waals surface area contributed by atoms with Crippen molar-refractivity contribution in [1.29, 1.82) is 0 Å². The Morgan fingerprint density at radius 1 is 1.58 bits per heavy atom. The van der Waals surface area contributed by atoms with Crippen molar-refractivity contribution in [2.24, 2.45) is 0 Å². The van der Waals surface area contributed by atoms with Crippen molar-refractivity contribution in [3.05, 3.63) is 23.8 Å². The van der Waals surface area contributed by atoms with E-state index in [1.165, 1.54) is 0 Å². The average Bonchev–Trinajstić information content (AvgIpc) is 2.08. The van der Waals surface area contributed by atoms with Gasteiger partial charge >= 0.3 is 0 Å². The number of carbonyl (C=O) groups excluding carboxylic acids is 1. The fourth-order valence-corrected chi connectivity index (χ4v) is 1.18. The topological polar surface area (TPSA) is 43.1 Å². The van der Waals surface area contributed by atoms with Gasteiger partial charge in [0.1, 0.15) is 0 Å². The predicted molar refractivity (Wildman–Crippen MR) is 52.7 cm³/mol. The van der Waals surface area contributed by atoms with Gasteiger partial charge in [-0.25, -0.2) is 0 Å². The number of hydrogen-bond acceptors (Lipinski definition) is 3. The van der Waals surface area contributed by atoms with Gasteiger partial charge in [0.25, 0.3) is 0 Å². The predicted octanol–water partition coefficient (Wildman–Crippen LogP) is 2.15. The van der Waals surface area contributed by atoms with E-state index in [0.717, 1.165) is 4.90 Å². The summed E-state index contributed by atoms with van der Waals surface area (Å²) in [6, 6.07) is 5.17. The van der Waals surface area contributed by atoms with Crippen molar-refractivity contribution >= 4 is 24.1 Å². The van der Waals surface area contributed by atoms with Crippen molar-refractivity contribution in [2.45, 2.75) is 18.2 Å². The normalized spacial score (nSPS) is 9.83. The molecule has 0 radical (unpaired) electrons. The number of Topliss-reactive ketones (excluding diaryl/α,β-unsaturated/α-hetero) is 1. The number of anilines is 1. The molecule has 64 valence electrons. The van der Waals surface area contributed by atoms with E-state index >= 15 is 0 Å². The lowest BCUT2D eigenvalue weighted by atomic mass is 10.1. The van der Waals surface area contributed by atoms with E-state index in [0.29, 0.717) is 17.7 Å². The van der Waals surface area contributed by atoms with Gasteiger partial charge < -0.3 is 5.73 Å². The van der Waals surface area contributed by atoms with Crippen LogP contribution in [0, 0.1) is 0 Å². The molecule has 0 saturated carbocycles. The van der Waals surface area contributed by atoms with Gasteiger partial charge in [0.2, 0.25) is 0 Å². The van der Waals surface area contributed by atoms with Crippen LogP contribution in [0.1, 0.15) is 23.7 Å². The molecule has 0 atom stereocenters. The van der Waals surface area contributed by atoms with Gasteiger partial charge in [0.15, 0.2) is 5.78 Å². The van der Waals surface area contributed by atoms with Crippen LogP contribution in [0.3, 0.4) is 0 Å². The number of ketones is 1. The highest BCUT2D eigenvalue weighted by atomic mass is 32.1. The Hall–Kier alpha value is -0.960. The SMILES string of the molecule is CCC(=O)c1cc(S)ccc1N. The molecule has 3 heteroatoms. The molecular formula is C9H11NOS. The molecule has 0 saturated heterocycles. The zero-order valence-corrected chi connectivity index (χ0v) is 7.77. The Kier molecular flexibility index (Phi) is 2.76. The Bertz CT molecular complexity index is 309. The maximum atomic E-state index is 11.3. The zero-order valence-electron chi connectivity index (χ0n) is 6.87. The van der Waals surface area contributed by atoms with Crippen molar-refractivity contribution in [3.63, 3.8) is 0 Å². The molecule has 1 aromatic rings. The molecule has 0 spiro atoms. The monoisotopic (exact) mass is 181 g/mol. The minimum absolute atomic E-state index is 0.0587. The van der Waals surface area contributed by atoms with Crippen LogP contribution >= 0.6 is 12.6 Å². The number of rotatable bonds is 2. The first-order valence-electron chi connectivity index (χ1n) is 3.77. The first kappa shape index (κ1) is 9.13. The van der Waals surface area contributed by atoms with Crippen LogP contribution < -0.4 is 5.73 Å². The summed E-state index contributed by atoms with van der Waals surface area (Å²) in [7, 11) is 0. The van der Waals surface area contributed by atoms with Gasteiger partial charge in [0, 0.05) is 22.6 Å². The van der Waals surface area contributed by atoms with Gasteiger partial charge in [-0.05, 0) is 18.2 Å². The Morgan fingerprint density at radius 2 is 2.25 bits per heavy atom. The highest BCUT2D eigenvalue weighted by Gasteiger charge is 2.06. The molecule has 2 N–H and O–H groups in total. The fourth-order valence-electron chi connectivity index (χ4n) is 0.976. The molecule has 0 aliphatic heterocycles. The van der Waals surface area contributed by atoms with E-state index < -0.39 is 0 Å². The quantitative estimate of drug-likeness (QED) is 0.417. The molecule has 12 heavy (non-hydrogen) atoms. The molecule has 0 fully saturated rings. The number of benzene rings is 1. The summed E-state index contributed by atoms with van der Waals surface area (Å²) in [4.78, 5) is 12.0. The first-order valence-corrected chi connectivity index (χ1v) is 4.21. The first-order chi connectivity index (χ1) is 5.65. The lowest BCUT2D eigenvalue weighted by molar-refractivity contribution is 0.0989. The molecular weight excluding hydrogens is 170 g/mol. The van der Waals surface area contributed by atoms with E-state index in [4.69, 9.17) is 5.73 Å².